The number of benzene rings is 1. The number of rotatable bonds is 37. The van der Waals surface area contributed by atoms with Gasteiger partial charge in [0.1, 0.15) is 54.4 Å². The number of aliphatic carboxylic acids is 1. The Hall–Kier alpha value is -6.73. The van der Waals surface area contributed by atoms with Crippen LogP contribution < -0.4 is 31.9 Å². The Morgan fingerprint density at radius 3 is 1.27 bits per heavy atom. The van der Waals surface area contributed by atoms with Crippen molar-refractivity contribution in [1.82, 2.24) is 51.1 Å². The van der Waals surface area contributed by atoms with Crippen molar-refractivity contribution in [2.45, 2.75) is 229 Å². The fourth-order valence-corrected chi connectivity index (χ4v) is 11.0. The fourth-order valence-electron chi connectivity index (χ4n) is 10.7. The first kappa shape index (κ1) is 82.3. The molecule has 13 atom stereocenters. The lowest BCUT2D eigenvalue weighted by Gasteiger charge is -2.40. The summed E-state index contributed by atoms with van der Waals surface area (Å²) >= 11 is 5.73. The van der Waals surface area contributed by atoms with E-state index in [-0.39, 0.29) is 61.7 Å². The number of carboxylic acid groups (broad SMARTS) is 1. The fraction of sp³-hybridized carbons (Fsp3) is 0.712. The average molecular weight is 1300 g/mol. The molecule has 1 aromatic carbocycles. The van der Waals surface area contributed by atoms with E-state index in [1.54, 1.807) is 51.8 Å². The summed E-state index contributed by atoms with van der Waals surface area (Å²) in [5.74, 6) is -9.43. The number of amides is 9. The smallest absolute Gasteiger partial charge is 0.328 e. The van der Waals surface area contributed by atoms with Crippen LogP contribution in [0.4, 0.5) is 5.69 Å². The Kier molecular flexibility index (Phi) is 35.2. The van der Waals surface area contributed by atoms with Crippen molar-refractivity contribution in [3.05, 3.63) is 42.5 Å². The van der Waals surface area contributed by atoms with Crippen molar-refractivity contribution in [1.29, 1.82) is 0 Å². The largest absolute Gasteiger partial charge is 0.480 e. The minimum absolute atomic E-state index is 0.0469. The van der Waals surface area contributed by atoms with Crippen molar-refractivity contribution in [2.24, 2.45) is 41.4 Å². The van der Waals surface area contributed by atoms with Crippen LogP contribution in [0.5, 0.6) is 0 Å². The topological polar surface area (TPSA) is 320 Å². The molecule has 91 heavy (non-hydrogen) atoms. The Balaban J connectivity index is 3.51. The summed E-state index contributed by atoms with van der Waals surface area (Å²) in [6.45, 7) is 29.7. The van der Waals surface area contributed by atoms with Gasteiger partial charge in [-0.3, -0.25) is 43.2 Å². The van der Waals surface area contributed by atoms with E-state index in [2.05, 4.69) is 31.9 Å². The van der Waals surface area contributed by atoms with Crippen molar-refractivity contribution < 1.29 is 63.3 Å². The number of carbonyl (C=O) groups excluding carboxylic acids is 9. The maximum atomic E-state index is 14.8. The van der Waals surface area contributed by atoms with Gasteiger partial charge in [-0.2, -0.15) is 0 Å². The number of aliphatic hydroxyl groups is 2. The maximum absolute atomic E-state index is 14.8. The lowest BCUT2D eigenvalue weighted by Crippen LogP contribution is -2.63. The third-order valence-corrected chi connectivity index (χ3v) is 16.3. The molecule has 1 rings (SSSR count). The number of hydrogen-bond donors (Lipinski definition) is 9. The molecule has 1 aromatic rings. The number of thiocarbonyl (C=S) groups is 1. The molecule has 25 heteroatoms. The molecular weight excluding hydrogens is 1190 g/mol. The first-order valence-electron chi connectivity index (χ1n) is 32.0. The van der Waals surface area contributed by atoms with Crippen LogP contribution in [0.1, 0.15) is 156 Å². The second kappa shape index (κ2) is 39.0. The highest BCUT2D eigenvalue weighted by Crippen LogP contribution is 2.24. The minimum Gasteiger partial charge on any atom is -0.480 e. The lowest BCUT2D eigenvalue weighted by molar-refractivity contribution is -0.155. The SMILES string of the molecule is C/C=C/C[C@@H](C)[C@@H](O)[C@@H](C(=O)N[C@H](C(=O)O)[C@@H](C)O)N(C)C(=O)[C@H](C(C)C)N(C)C(=O)[C@H](CC(C)C)NC(=O)[C@H](CC(C)C)N(C)C(=O)[C@@H](C)NC(=O)[C@H](C)NC(=O)[C@H](CC(C)C)N(C)C(=O)[C@H](CC(C)C)NC(=O)[C@H](CC(C)C)N(C)C(=S)Nc1ccccc1. The summed E-state index contributed by atoms with van der Waals surface area (Å²) in [6.07, 6.45) is 1.79. The molecule has 9 amide bonds. The Labute approximate surface area is 547 Å². The third kappa shape index (κ3) is 26.1. The first-order valence-corrected chi connectivity index (χ1v) is 32.4. The number of allylic oxidation sites excluding steroid dienone is 2. The highest BCUT2D eigenvalue weighted by molar-refractivity contribution is 7.80. The molecule has 0 bridgehead atoms. The number of likely N-dealkylation sites (N-methyl/N-ethyl adjacent to an activating group) is 5. The Morgan fingerprint density at radius 2 is 0.868 bits per heavy atom. The van der Waals surface area contributed by atoms with Gasteiger partial charge in [-0.1, -0.05) is 120 Å². The number of carboxylic acids is 1. The zero-order chi connectivity index (χ0) is 70.2. The van der Waals surface area contributed by atoms with Gasteiger partial charge < -0.3 is 71.7 Å². The predicted octanol–water partition coefficient (Wildman–Crippen LogP) is 4.77. The second-order valence-corrected chi connectivity index (χ2v) is 27.3. The number of para-hydroxylation sites is 1. The van der Waals surface area contributed by atoms with Crippen LogP contribution in [0.2, 0.25) is 0 Å². The summed E-state index contributed by atoms with van der Waals surface area (Å²) in [7, 11) is 7.25. The molecule has 0 spiro atoms. The molecular formula is C66H113N11O13S. The molecule has 0 aliphatic heterocycles. The van der Waals surface area contributed by atoms with Crippen molar-refractivity contribution in [3.8, 4) is 0 Å². The van der Waals surface area contributed by atoms with E-state index in [1.807, 2.05) is 99.6 Å². The Bertz CT molecular complexity index is 2600. The molecule has 0 heterocycles. The summed E-state index contributed by atoms with van der Waals surface area (Å²) in [5.41, 5.74) is 0.746. The monoisotopic (exact) mass is 1300 g/mol. The van der Waals surface area contributed by atoms with Crippen LogP contribution in [0.15, 0.2) is 42.5 Å². The normalized spacial score (nSPS) is 16.0. The number of anilines is 1. The van der Waals surface area contributed by atoms with Crippen molar-refractivity contribution >= 4 is 82.2 Å². The van der Waals surface area contributed by atoms with Gasteiger partial charge in [-0.05, 0) is 132 Å². The van der Waals surface area contributed by atoms with E-state index in [0.717, 1.165) is 10.6 Å². The van der Waals surface area contributed by atoms with E-state index in [9.17, 15) is 63.3 Å². The van der Waals surface area contributed by atoms with Crippen LogP contribution >= 0.6 is 12.2 Å². The summed E-state index contributed by atoms with van der Waals surface area (Å²) < 4.78 is 0. The quantitative estimate of drug-likeness (QED) is 0.0320. The van der Waals surface area contributed by atoms with Gasteiger partial charge in [0.15, 0.2) is 11.2 Å². The standard InChI is InChI=1S/C66H113N11O13S/c1-23-24-28-42(14)55(79)54(60(84)72-52(45(17)78)65(89)90)77(22)64(88)53(41(12)13)76(21)63(87)48(32-37(4)5)71-58(82)50(34-39(8)9)73(18)61(85)44(16)68-56(80)43(15)67-57(81)49(33-38(6)7)74(19)62(86)47(31-36(2)3)70-59(83)51(35-40(10)11)75(20)66(91)69-46-29-26-25-27-30-46/h23-27,29-30,36-45,47-55,78-79H,28,31-35H2,1-22H3,(H,67,81)(H,68,80)(H,69,91)(H,70,83)(H,71,82)(H,72,84)(H,89,90)/b24-23+/t42-,43+,44-,45-,47+,48+,49+,50+,51+,52+,53+,54+,55-/m1/s1. The van der Waals surface area contributed by atoms with E-state index in [0.29, 0.717) is 11.5 Å². The highest BCUT2D eigenvalue weighted by atomic mass is 32.1. The zero-order valence-electron chi connectivity index (χ0n) is 58.3. The Morgan fingerprint density at radius 1 is 0.473 bits per heavy atom. The number of aliphatic hydroxyl groups excluding tert-OH is 2. The summed E-state index contributed by atoms with van der Waals surface area (Å²) in [5, 5.41) is 48.6. The number of nitrogens with one attached hydrogen (secondary N) is 6. The van der Waals surface area contributed by atoms with E-state index in [4.69, 9.17) is 12.2 Å². The van der Waals surface area contributed by atoms with Gasteiger partial charge in [0.05, 0.1) is 12.2 Å². The van der Waals surface area contributed by atoms with E-state index < -0.39 is 144 Å². The average Bonchev–Trinajstić information content (AvgIpc) is 0.885. The molecule has 0 radical (unpaired) electrons. The second-order valence-electron chi connectivity index (χ2n) is 27.0. The van der Waals surface area contributed by atoms with Gasteiger partial charge in [-0.15, -0.1) is 0 Å². The van der Waals surface area contributed by atoms with Crippen LogP contribution in [0, 0.1) is 41.4 Å². The van der Waals surface area contributed by atoms with Gasteiger partial charge in [-0.25, -0.2) is 4.79 Å². The van der Waals surface area contributed by atoms with Gasteiger partial charge >= 0.3 is 5.97 Å². The maximum Gasteiger partial charge on any atom is 0.328 e. The number of carbonyl (C=O) groups is 10. The number of nitrogens with zero attached hydrogens (tertiary/aromatic N) is 5. The molecule has 9 N–H and O–H groups in total. The third-order valence-electron chi connectivity index (χ3n) is 15.9. The zero-order valence-corrected chi connectivity index (χ0v) is 59.1. The summed E-state index contributed by atoms with van der Waals surface area (Å²) in [4.78, 5) is 148. The minimum atomic E-state index is -1.78. The molecule has 0 unspecified atom stereocenters. The molecule has 0 fully saturated rings. The molecule has 0 saturated heterocycles. The number of hydrogen-bond acceptors (Lipinski definition) is 13. The van der Waals surface area contributed by atoms with Crippen molar-refractivity contribution in [2.75, 3.05) is 40.6 Å². The molecule has 0 aliphatic rings. The predicted molar refractivity (Wildman–Crippen MR) is 357 cm³/mol. The first-order chi connectivity index (χ1) is 42.1. The van der Waals surface area contributed by atoms with Crippen LogP contribution in [0.3, 0.4) is 0 Å². The summed E-state index contributed by atoms with van der Waals surface area (Å²) in [6, 6.07) is -3.21. The van der Waals surface area contributed by atoms with Crippen LogP contribution in [0.25, 0.3) is 0 Å². The molecule has 516 valence electrons. The van der Waals surface area contributed by atoms with Gasteiger partial charge in [0.2, 0.25) is 53.2 Å². The van der Waals surface area contributed by atoms with E-state index >= 15 is 0 Å². The van der Waals surface area contributed by atoms with Crippen molar-refractivity contribution in [3.63, 3.8) is 0 Å². The van der Waals surface area contributed by atoms with Crippen LogP contribution in [-0.4, -0.2) is 212 Å². The highest BCUT2D eigenvalue weighted by Gasteiger charge is 2.44. The molecule has 0 aliphatic carbocycles. The molecule has 0 aromatic heterocycles. The van der Waals surface area contributed by atoms with Gasteiger partial charge in [0.25, 0.3) is 0 Å². The lowest BCUT2D eigenvalue weighted by atomic mass is 9.91. The molecule has 0 saturated carbocycles. The van der Waals surface area contributed by atoms with E-state index in [1.165, 1.54) is 63.7 Å². The van der Waals surface area contributed by atoms with Gasteiger partial charge in [0, 0.05) is 40.9 Å². The van der Waals surface area contributed by atoms with Crippen LogP contribution in [-0.2, 0) is 47.9 Å². The molecule has 24 nitrogen and oxygen atoms in total.